The number of hydrogen-bond donors (Lipinski definition) is 3. The zero-order chi connectivity index (χ0) is 20.4. The minimum atomic E-state index is -2.40. The first kappa shape index (κ1) is 21.3. The molecule has 0 saturated carbocycles. The molecule has 5 nitrogen and oxygen atoms in total. The average molecular weight is 389 g/mol. The largest absolute Gasteiger partial charge is 0.397 e. The third-order valence-corrected chi connectivity index (χ3v) is 4.21. The highest BCUT2D eigenvalue weighted by molar-refractivity contribution is 5.94. The van der Waals surface area contributed by atoms with Crippen LogP contribution in [0.4, 0.5) is 20.2 Å². The summed E-state index contributed by atoms with van der Waals surface area (Å²) in [4.78, 5) is 23.9. The normalized spacial score (nSPS) is 10.7. The number of nitrogens with one attached hydrogen (secondary N) is 2. The lowest BCUT2D eigenvalue weighted by Crippen LogP contribution is -2.24. The summed E-state index contributed by atoms with van der Waals surface area (Å²) in [5.41, 5.74) is 7.86. The summed E-state index contributed by atoms with van der Waals surface area (Å²) >= 11 is 0. The Morgan fingerprint density at radius 3 is 2.36 bits per heavy atom. The quantitative estimate of drug-likeness (QED) is 0.424. The smallest absolute Gasteiger partial charge is 0.251 e. The molecule has 0 aromatic heterocycles. The molecule has 2 aromatic rings. The van der Waals surface area contributed by atoms with Crippen molar-refractivity contribution in [3.63, 3.8) is 0 Å². The van der Waals surface area contributed by atoms with E-state index in [2.05, 4.69) is 10.6 Å². The summed E-state index contributed by atoms with van der Waals surface area (Å²) in [6, 6.07) is 13.3. The SMILES string of the molecule is Nc1ccccc1NC(=O)CCCCCNC(=O)c1ccc(CC(F)F)cc1. The molecule has 0 fully saturated rings. The Bertz CT molecular complexity index is 779. The molecule has 2 rings (SSSR count). The van der Waals surface area contributed by atoms with Gasteiger partial charge in [-0.05, 0) is 42.7 Å². The average Bonchev–Trinajstić information content (AvgIpc) is 2.66. The van der Waals surface area contributed by atoms with Crippen molar-refractivity contribution in [1.29, 1.82) is 0 Å². The fourth-order valence-electron chi connectivity index (χ4n) is 2.69. The number of rotatable bonds is 10. The molecule has 2 aromatic carbocycles. The molecule has 4 N–H and O–H groups in total. The summed E-state index contributed by atoms with van der Waals surface area (Å²) in [7, 11) is 0. The number of nitrogens with two attached hydrogens (primary N) is 1. The number of nitrogen functional groups attached to an aromatic ring is 1. The molecule has 7 heteroatoms. The van der Waals surface area contributed by atoms with Crippen LogP contribution < -0.4 is 16.4 Å². The van der Waals surface area contributed by atoms with E-state index in [0.717, 1.165) is 12.8 Å². The predicted molar refractivity (Wildman–Crippen MR) is 106 cm³/mol. The van der Waals surface area contributed by atoms with Crippen molar-refractivity contribution in [3.8, 4) is 0 Å². The lowest BCUT2D eigenvalue weighted by molar-refractivity contribution is -0.116. The maximum Gasteiger partial charge on any atom is 0.251 e. The van der Waals surface area contributed by atoms with Crippen molar-refractivity contribution in [2.45, 2.75) is 38.5 Å². The van der Waals surface area contributed by atoms with E-state index in [9.17, 15) is 18.4 Å². The summed E-state index contributed by atoms with van der Waals surface area (Å²) in [5.74, 6) is -0.327. The minimum Gasteiger partial charge on any atom is -0.397 e. The van der Waals surface area contributed by atoms with Gasteiger partial charge in [-0.15, -0.1) is 0 Å². The minimum absolute atomic E-state index is 0.0918. The molecule has 0 spiro atoms. The topological polar surface area (TPSA) is 84.2 Å². The molecule has 0 aliphatic rings. The lowest BCUT2D eigenvalue weighted by Gasteiger charge is -2.08. The first-order valence-electron chi connectivity index (χ1n) is 9.25. The molecule has 0 aliphatic heterocycles. The van der Waals surface area contributed by atoms with E-state index >= 15 is 0 Å². The Morgan fingerprint density at radius 2 is 1.68 bits per heavy atom. The zero-order valence-electron chi connectivity index (χ0n) is 15.6. The lowest BCUT2D eigenvalue weighted by atomic mass is 10.1. The van der Waals surface area contributed by atoms with Crippen LogP contribution in [-0.2, 0) is 11.2 Å². The third-order valence-electron chi connectivity index (χ3n) is 4.21. The van der Waals surface area contributed by atoms with Gasteiger partial charge in [0.15, 0.2) is 0 Å². The summed E-state index contributed by atoms with van der Waals surface area (Å²) < 4.78 is 24.6. The Labute approximate surface area is 163 Å². The summed E-state index contributed by atoms with van der Waals surface area (Å²) in [5, 5.41) is 5.57. The van der Waals surface area contributed by atoms with E-state index in [0.29, 0.717) is 41.9 Å². The van der Waals surface area contributed by atoms with Gasteiger partial charge < -0.3 is 16.4 Å². The number of hydrogen-bond acceptors (Lipinski definition) is 3. The van der Waals surface area contributed by atoms with Crippen LogP contribution in [0, 0.1) is 0 Å². The fourth-order valence-corrected chi connectivity index (χ4v) is 2.69. The van der Waals surface area contributed by atoms with E-state index in [4.69, 9.17) is 5.73 Å². The molecule has 0 radical (unpaired) electrons. The van der Waals surface area contributed by atoms with Crippen molar-refractivity contribution < 1.29 is 18.4 Å². The monoisotopic (exact) mass is 389 g/mol. The van der Waals surface area contributed by atoms with Crippen molar-refractivity contribution in [1.82, 2.24) is 5.32 Å². The zero-order valence-corrected chi connectivity index (χ0v) is 15.6. The van der Waals surface area contributed by atoms with Crippen molar-refractivity contribution in [3.05, 3.63) is 59.7 Å². The molecule has 2 amide bonds. The van der Waals surface area contributed by atoms with Crippen LogP contribution in [0.15, 0.2) is 48.5 Å². The van der Waals surface area contributed by atoms with Gasteiger partial charge in [-0.1, -0.05) is 30.7 Å². The van der Waals surface area contributed by atoms with Crippen LogP contribution in [0.25, 0.3) is 0 Å². The fraction of sp³-hybridized carbons (Fsp3) is 0.333. The molecule has 28 heavy (non-hydrogen) atoms. The number of carbonyl (C=O) groups excluding carboxylic acids is 2. The highest BCUT2D eigenvalue weighted by atomic mass is 19.3. The van der Waals surface area contributed by atoms with Gasteiger partial charge in [-0.3, -0.25) is 9.59 Å². The number of carbonyl (C=O) groups is 2. The van der Waals surface area contributed by atoms with Gasteiger partial charge >= 0.3 is 0 Å². The maximum atomic E-state index is 12.3. The molecule has 150 valence electrons. The molecule has 0 unspecified atom stereocenters. The molecule has 0 aliphatic carbocycles. The van der Waals surface area contributed by atoms with Crippen LogP contribution in [-0.4, -0.2) is 24.8 Å². The second-order valence-corrected chi connectivity index (χ2v) is 6.49. The summed E-state index contributed by atoms with van der Waals surface area (Å²) in [6.07, 6.45) is -0.0788. The van der Waals surface area contributed by atoms with E-state index in [1.807, 2.05) is 0 Å². The van der Waals surface area contributed by atoms with Gasteiger partial charge in [0.05, 0.1) is 11.4 Å². The number of alkyl halides is 2. The Morgan fingerprint density at radius 1 is 0.964 bits per heavy atom. The number of benzene rings is 2. The number of anilines is 2. The number of unbranched alkanes of at least 4 members (excludes halogenated alkanes) is 2. The molecule has 0 heterocycles. The van der Waals surface area contributed by atoms with Gasteiger partial charge in [0.1, 0.15) is 0 Å². The molecular weight excluding hydrogens is 364 g/mol. The van der Waals surface area contributed by atoms with Gasteiger partial charge in [0.2, 0.25) is 12.3 Å². The Balaban J connectivity index is 1.60. The standard InChI is InChI=1S/C21H25F2N3O2/c22-19(23)14-15-9-11-16(12-10-15)21(28)25-13-5-1-2-8-20(27)26-18-7-4-3-6-17(18)24/h3-4,6-7,9-12,19H,1-2,5,8,13-14,24H2,(H,25,28)(H,26,27). The van der Waals surface area contributed by atoms with Crippen LogP contribution in [0.5, 0.6) is 0 Å². The Kier molecular flexibility index (Phi) is 8.39. The first-order chi connectivity index (χ1) is 13.5. The number of amides is 2. The van der Waals surface area contributed by atoms with E-state index in [1.54, 1.807) is 48.5 Å². The predicted octanol–water partition coefficient (Wildman–Crippen LogP) is 4.01. The summed E-state index contributed by atoms with van der Waals surface area (Å²) in [6.45, 7) is 0.491. The maximum absolute atomic E-state index is 12.3. The van der Waals surface area contributed by atoms with Gasteiger partial charge in [0.25, 0.3) is 5.91 Å². The number of para-hydroxylation sites is 2. The van der Waals surface area contributed by atoms with Gasteiger partial charge in [0, 0.05) is 24.9 Å². The highest BCUT2D eigenvalue weighted by Gasteiger charge is 2.08. The molecule has 0 bridgehead atoms. The van der Waals surface area contributed by atoms with Crippen LogP contribution in [0.1, 0.15) is 41.6 Å². The van der Waals surface area contributed by atoms with Crippen LogP contribution >= 0.6 is 0 Å². The second kappa shape index (κ2) is 11.0. The van der Waals surface area contributed by atoms with E-state index in [1.165, 1.54) is 0 Å². The van der Waals surface area contributed by atoms with Crippen molar-refractivity contribution in [2.24, 2.45) is 0 Å². The van der Waals surface area contributed by atoms with E-state index < -0.39 is 6.43 Å². The van der Waals surface area contributed by atoms with Crippen molar-refractivity contribution >= 4 is 23.2 Å². The second-order valence-electron chi connectivity index (χ2n) is 6.49. The van der Waals surface area contributed by atoms with Gasteiger partial charge in [-0.2, -0.15) is 0 Å². The molecule has 0 atom stereocenters. The Hall–Kier alpha value is -2.96. The van der Waals surface area contributed by atoms with Crippen LogP contribution in [0.3, 0.4) is 0 Å². The van der Waals surface area contributed by atoms with Crippen molar-refractivity contribution in [2.75, 3.05) is 17.6 Å². The van der Waals surface area contributed by atoms with Gasteiger partial charge in [-0.25, -0.2) is 8.78 Å². The highest BCUT2D eigenvalue weighted by Crippen LogP contribution is 2.17. The van der Waals surface area contributed by atoms with E-state index in [-0.39, 0.29) is 18.2 Å². The third kappa shape index (κ3) is 7.34. The van der Waals surface area contributed by atoms with Crippen LogP contribution in [0.2, 0.25) is 0 Å². The molecule has 0 saturated heterocycles. The molecular formula is C21H25F2N3O2. The first-order valence-corrected chi connectivity index (χ1v) is 9.25. The number of halogens is 2.